The van der Waals surface area contributed by atoms with Crippen molar-refractivity contribution in [1.82, 2.24) is 15.0 Å². The molecule has 0 saturated carbocycles. The second kappa shape index (κ2) is 7.58. The number of para-hydroxylation sites is 2. The van der Waals surface area contributed by atoms with Crippen LogP contribution in [0.25, 0.3) is 38.6 Å². The van der Waals surface area contributed by atoms with E-state index in [0.29, 0.717) is 0 Å². The van der Waals surface area contributed by atoms with Gasteiger partial charge < -0.3 is 4.57 Å². The zero-order valence-corrected chi connectivity index (χ0v) is 18.5. The van der Waals surface area contributed by atoms with Crippen LogP contribution in [0.4, 0.5) is 11.4 Å². The Labute approximate surface area is 197 Å². The Morgan fingerprint density at radius 1 is 0.676 bits per heavy atom. The standard InChI is InChI=1S/C30H22N4/c1-2-10-24(11-3-1)34-30-23(20-32-34)15-16-28-29(30)26-13-4-5-14-27(26)33(28)25-12-6-8-21(18-25)22-9-7-17-31-19-22/h1-19,32H,20H2. The third kappa shape index (κ3) is 2.86. The van der Waals surface area contributed by atoms with Gasteiger partial charge in [0, 0.05) is 41.0 Å². The van der Waals surface area contributed by atoms with E-state index in [0.717, 1.165) is 29.0 Å². The summed E-state index contributed by atoms with van der Waals surface area (Å²) >= 11 is 0. The molecule has 1 aliphatic rings. The summed E-state index contributed by atoms with van der Waals surface area (Å²) in [7, 11) is 0. The molecule has 3 heterocycles. The maximum absolute atomic E-state index is 4.31. The van der Waals surface area contributed by atoms with Crippen molar-refractivity contribution < 1.29 is 0 Å². The molecule has 0 aliphatic carbocycles. The summed E-state index contributed by atoms with van der Waals surface area (Å²) < 4.78 is 2.38. The van der Waals surface area contributed by atoms with Crippen molar-refractivity contribution in [3.05, 3.63) is 121 Å². The molecule has 4 heteroatoms. The third-order valence-electron chi connectivity index (χ3n) is 6.66. The molecule has 0 saturated heterocycles. The maximum atomic E-state index is 4.31. The summed E-state index contributed by atoms with van der Waals surface area (Å²) in [4.78, 5) is 4.31. The Morgan fingerprint density at radius 2 is 1.50 bits per heavy atom. The number of aromatic nitrogens is 2. The molecule has 0 atom stereocenters. The van der Waals surface area contributed by atoms with Crippen LogP contribution in [0.3, 0.4) is 0 Å². The molecule has 0 amide bonds. The van der Waals surface area contributed by atoms with Gasteiger partial charge in [0.05, 0.1) is 22.4 Å². The summed E-state index contributed by atoms with van der Waals surface area (Å²) in [6.45, 7) is 0.816. The number of pyridine rings is 1. The summed E-state index contributed by atoms with van der Waals surface area (Å²) in [6.07, 6.45) is 3.73. The van der Waals surface area contributed by atoms with Crippen molar-refractivity contribution in [3.63, 3.8) is 0 Å². The van der Waals surface area contributed by atoms with Gasteiger partial charge >= 0.3 is 0 Å². The van der Waals surface area contributed by atoms with Crippen LogP contribution in [0.1, 0.15) is 5.56 Å². The molecule has 1 N–H and O–H groups in total. The quantitative estimate of drug-likeness (QED) is 0.323. The minimum Gasteiger partial charge on any atom is -0.309 e. The molecule has 4 aromatic carbocycles. The van der Waals surface area contributed by atoms with E-state index in [1.807, 2.05) is 18.5 Å². The van der Waals surface area contributed by atoms with Crippen LogP contribution in [0.2, 0.25) is 0 Å². The normalized spacial score (nSPS) is 13.0. The molecule has 0 fully saturated rings. The van der Waals surface area contributed by atoms with Gasteiger partial charge in [0.15, 0.2) is 0 Å². The highest BCUT2D eigenvalue weighted by Crippen LogP contribution is 2.44. The Morgan fingerprint density at radius 3 is 2.38 bits per heavy atom. The predicted octanol–water partition coefficient (Wildman–Crippen LogP) is 7.00. The second-order valence-corrected chi connectivity index (χ2v) is 8.62. The first-order chi connectivity index (χ1) is 16.9. The van der Waals surface area contributed by atoms with Crippen LogP contribution in [-0.2, 0) is 6.54 Å². The fraction of sp³-hybridized carbons (Fsp3) is 0.0333. The summed E-state index contributed by atoms with van der Waals surface area (Å²) in [5.41, 5.74) is 13.1. The predicted molar refractivity (Wildman–Crippen MR) is 139 cm³/mol. The van der Waals surface area contributed by atoms with Crippen molar-refractivity contribution in [2.75, 3.05) is 5.01 Å². The van der Waals surface area contributed by atoms with E-state index in [1.54, 1.807) is 0 Å². The number of nitrogens with one attached hydrogen (secondary N) is 1. The molecule has 162 valence electrons. The lowest BCUT2D eigenvalue weighted by Gasteiger charge is -2.20. The fourth-order valence-corrected chi connectivity index (χ4v) is 5.16. The number of benzene rings is 4. The molecule has 6 aromatic rings. The maximum Gasteiger partial charge on any atom is 0.0723 e. The molecule has 2 aromatic heterocycles. The number of hydrazine groups is 1. The molecule has 0 radical (unpaired) electrons. The first-order valence-corrected chi connectivity index (χ1v) is 11.5. The Hall–Kier alpha value is -4.41. The zero-order valence-electron chi connectivity index (χ0n) is 18.5. The molecule has 4 nitrogen and oxygen atoms in total. The van der Waals surface area contributed by atoms with E-state index in [-0.39, 0.29) is 0 Å². The van der Waals surface area contributed by atoms with E-state index in [1.165, 1.54) is 33.1 Å². The molecule has 0 unspecified atom stereocenters. The van der Waals surface area contributed by atoms with Gasteiger partial charge in [-0.2, -0.15) is 0 Å². The van der Waals surface area contributed by atoms with Gasteiger partial charge in [-0.1, -0.05) is 60.7 Å². The zero-order chi connectivity index (χ0) is 22.5. The molecular formula is C30H22N4. The number of rotatable bonds is 3. The molecular weight excluding hydrogens is 416 g/mol. The van der Waals surface area contributed by atoms with Crippen LogP contribution in [0.5, 0.6) is 0 Å². The van der Waals surface area contributed by atoms with Crippen molar-refractivity contribution >= 4 is 33.2 Å². The molecule has 7 rings (SSSR count). The van der Waals surface area contributed by atoms with Crippen LogP contribution >= 0.6 is 0 Å². The minimum atomic E-state index is 0.816. The Bertz CT molecular complexity index is 1650. The third-order valence-corrected chi connectivity index (χ3v) is 6.66. The van der Waals surface area contributed by atoms with Crippen LogP contribution in [-0.4, -0.2) is 9.55 Å². The second-order valence-electron chi connectivity index (χ2n) is 8.62. The number of nitrogens with zero attached hydrogens (tertiary/aromatic N) is 3. The van der Waals surface area contributed by atoms with Crippen LogP contribution < -0.4 is 10.4 Å². The number of fused-ring (bicyclic) bond motifs is 5. The highest BCUT2D eigenvalue weighted by atomic mass is 15.5. The lowest BCUT2D eigenvalue weighted by molar-refractivity contribution is 0.766. The van der Waals surface area contributed by atoms with Crippen molar-refractivity contribution in [1.29, 1.82) is 0 Å². The number of anilines is 2. The summed E-state index contributed by atoms with van der Waals surface area (Å²) in [5.74, 6) is 0. The Balaban J connectivity index is 1.51. The largest absolute Gasteiger partial charge is 0.309 e. The van der Waals surface area contributed by atoms with Gasteiger partial charge in [0.25, 0.3) is 0 Å². The average Bonchev–Trinajstić information content (AvgIpc) is 3.49. The monoisotopic (exact) mass is 438 g/mol. The number of hydrogen-bond acceptors (Lipinski definition) is 3. The van der Waals surface area contributed by atoms with Gasteiger partial charge in [0.2, 0.25) is 0 Å². The molecule has 1 aliphatic heterocycles. The summed E-state index contributed by atoms with van der Waals surface area (Å²) in [6, 6.07) is 36.6. The van der Waals surface area contributed by atoms with E-state index in [4.69, 9.17) is 0 Å². The van der Waals surface area contributed by atoms with Gasteiger partial charge in [-0.05, 0) is 53.6 Å². The van der Waals surface area contributed by atoms with Gasteiger partial charge in [-0.25, -0.2) is 5.43 Å². The molecule has 34 heavy (non-hydrogen) atoms. The first kappa shape index (κ1) is 19.1. The topological polar surface area (TPSA) is 33.1 Å². The lowest BCUT2D eigenvalue weighted by Crippen LogP contribution is -2.26. The highest BCUT2D eigenvalue weighted by Gasteiger charge is 2.26. The summed E-state index contributed by atoms with van der Waals surface area (Å²) in [5, 5.41) is 4.76. The fourth-order valence-electron chi connectivity index (χ4n) is 5.16. The van der Waals surface area contributed by atoms with Gasteiger partial charge in [-0.15, -0.1) is 0 Å². The Kier molecular flexibility index (Phi) is 4.26. The average molecular weight is 439 g/mol. The van der Waals surface area contributed by atoms with Crippen molar-refractivity contribution in [2.45, 2.75) is 6.54 Å². The van der Waals surface area contributed by atoms with E-state index in [9.17, 15) is 0 Å². The van der Waals surface area contributed by atoms with Crippen molar-refractivity contribution in [2.24, 2.45) is 0 Å². The smallest absolute Gasteiger partial charge is 0.0723 e. The lowest BCUT2D eigenvalue weighted by atomic mass is 10.1. The van der Waals surface area contributed by atoms with Gasteiger partial charge in [-0.3, -0.25) is 9.99 Å². The van der Waals surface area contributed by atoms with E-state index >= 15 is 0 Å². The minimum absolute atomic E-state index is 0.816. The molecule has 0 bridgehead atoms. The molecule has 0 spiro atoms. The SMILES string of the molecule is c1ccc(N2NCc3ccc4c(c32)c2ccccc2n4-c2cccc(-c3cccnc3)c2)cc1. The van der Waals surface area contributed by atoms with Crippen molar-refractivity contribution in [3.8, 4) is 16.8 Å². The van der Waals surface area contributed by atoms with Crippen LogP contribution in [0, 0.1) is 0 Å². The highest BCUT2D eigenvalue weighted by molar-refractivity contribution is 6.16. The van der Waals surface area contributed by atoms with Gasteiger partial charge in [0.1, 0.15) is 0 Å². The first-order valence-electron chi connectivity index (χ1n) is 11.5. The van der Waals surface area contributed by atoms with Crippen LogP contribution in [0.15, 0.2) is 116 Å². The van der Waals surface area contributed by atoms with E-state index in [2.05, 4.69) is 117 Å². The van der Waals surface area contributed by atoms with E-state index < -0.39 is 0 Å². The number of hydrogen-bond donors (Lipinski definition) is 1.